The summed E-state index contributed by atoms with van der Waals surface area (Å²) in [6.07, 6.45) is 1.50. The van der Waals surface area contributed by atoms with Gasteiger partial charge in [0.25, 0.3) is 5.91 Å². The number of hydrazone groups is 1. The summed E-state index contributed by atoms with van der Waals surface area (Å²) in [6.45, 7) is 0. The number of benzene rings is 2. The van der Waals surface area contributed by atoms with Gasteiger partial charge in [0, 0.05) is 10.6 Å². The molecule has 0 saturated heterocycles. The summed E-state index contributed by atoms with van der Waals surface area (Å²) in [5.41, 5.74) is 4.01. The van der Waals surface area contributed by atoms with Gasteiger partial charge >= 0.3 is 0 Å². The average molecular weight is 373 g/mol. The summed E-state index contributed by atoms with van der Waals surface area (Å²) in [4.78, 5) is 11.9. The molecule has 1 amide bonds. The molecule has 25 heavy (non-hydrogen) atoms. The van der Waals surface area contributed by atoms with E-state index in [1.54, 1.807) is 16.8 Å². The van der Waals surface area contributed by atoms with E-state index in [2.05, 4.69) is 26.1 Å². The molecule has 0 radical (unpaired) electrons. The highest BCUT2D eigenvalue weighted by molar-refractivity contribution is 7.99. The van der Waals surface area contributed by atoms with Gasteiger partial charge in [-0.2, -0.15) is 9.78 Å². The van der Waals surface area contributed by atoms with Crippen molar-refractivity contribution >= 4 is 35.5 Å². The number of carbonyl (C=O) groups excluding carboxylic acids is 1. The van der Waals surface area contributed by atoms with Crippen LogP contribution in [0.15, 0.2) is 64.9 Å². The lowest BCUT2D eigenvalue weighted by Crippen LogP contribution is -2.20. The summed E-state index contributed by atoms with van der Waals surface area (Å²) in [5, 5.41) is 16.5. The van der Waals surface area contributed by atoms with Gasteiger partial charge in [-0.15, -0.1) is 5.10 Å². The van der Waals surface area contributed by atoms with Gasteiger partial charge in [-0.05, 0) is 28.6 Å². The van der Waals surface area contributed by atoms with Crippen molar-refractivity contribution in [3.05, 3.63) is 65.2 Å². The molecular formula is C16H13ClN6OS. The molecule has 0 saturated carbocycles. The Kier molecular flexibility index (Phi) is 5.76. The molecule has 0 atom stereocenters. The Hall–Kier alpha value is -2.71. The summed E-state index contributed by atoms with van der Waals surface area (Å²) >= 11 is 7.23. The molecule has 1 N–H and O–H groups in total. The molecule has 0 bridgehead atoms. The van der Waals surface area contributed by atoms with Gasteiger partial charge in [0.2, 0.25) is 5.16 Å². The quantitative estimate of drug-likeness (QED) is 0.408. The lowest BCUT2D eigenvalue weighted by molar-refractivity contribution is -0.118. The number of halogens is 1. The number of aromatic nitrogens is 4. The maximum absolute atomic E-state index is 11.9. The van der Waals surface area contributed by atoms with E-state index in [9.17, 15) is 4.79 Å². The third-order valence-corrected chi connectivity index (χ3v) is 4.34. The monoisotopic (exact) mass is 372 g/mol. The molecular weight excluding hydrogens is 360 g/mol. The Morgan fingerprint density at radius 2 is 1.96 bits per heavy atom. The van der Waals surface area contributed by atoms with Crippen LogP contribution in [-0.2, 0) is 4.79 Å². The molecule has 3 rings (SSSR count). The predicted octanol–water partition coefficient (Wildman–Crippen LogP) is 2.56. The van der Waals surface area contributed by atoms with E-state index in [0.717, 1.165) is 11.3 Å². The number of nitrogens with one attached hydrogen (secondary N) is 1. The van der Waals surface area contributed by atoms with Gasteiger partial charge in [-0.3, -0.25) is 4.79 Å². The van der Waals surface area contributed by atoms with Gasteiger partial charge in [-0.25, -0.2) is 5.43 Å². The number of para-hydroxylation sites is 1. The second-order valence-corrected chi connectivity index (χ2v) is 6.16. The van der Waals surface area contributed by atoms with Crippen LogP contribution in [0.1, 0.15) is 5.56 Å². The number of hydrogen-bond acceptors (Lipinski definition) is 6. The van der Waals surface area contributed by atoms with Crippen LogP contribution >= 0.6 is 23.4 Å². The highest BCUT2D eigenvalue weighted by Crippen LogP contribution is 2.17. The van der Waals surface area contributed by atoms with E-state index in [-0.39, 0.29) is 11.7 Å². The van der Waals surface area contributed by atoms with Crippen molar-refractivity contribution in [1.82, 2.24) is 25.6 Å². The first kappa shape index (κ1) is 17.1. The second kappa shape index (κ2) is 8.41. The zero-order valence-electron chi connectivity index (χ0n) is 12.9. The second-order valence-electron chi connectivity index (χ2n) is 4.81. The minimum absolute atomic E-state index is 0.132. The normalized spacial score (nSPS) is 10.9. The van der Waals surface area contributed by atoms with Crippen LogP contribution in [0.2, 0.25) is 5.02 Å². The molecule has 1 aromatic heterocycles. The lowest BCUT2D eigenvalue weighted by atomic mass is 10.2. The molecule has 0 aliphatic carbocycles. The Bertz CT molecular complexity index is 883. The summed E-state index contributed by atoms with van der Waals surface area (Å²) < 4.78 is 1.57. The van der Waals surface area contributed by atoms with Crippen LogP contribution in [-0.4, -0.2) is 38.1 Å². The molecule has 0 unspecified atom stereocenters. The van der Waals surface area contributed by atoms with Gasteiger partial charge in [0.1, 0.15) is 0 Å². The summed E-state index contributed by atoms with van der Waals surface area (Å²) in [6, 6.07) is 16.7. The van der Waals surface area contributed by atoms with E-state index in [1.807, 2.05) is 42.5 Å². The molecule has 3 aromatic rings. The van der Waals surface area contributed by atoms with Crippen molar-refractivity contribution in [2.75, 3.05) is 5.75 Å². The summed E-state index contributed by atoms with van der Waals surface area (Å²) in [7, 11) is 0. The molecule has 2 aromatic carbocycles. The van der Waals surface area contributed by atoms with E-state index in [0.29, 0.717) is 10.2 Å². The smallest absolute Gasteiger partial charge is 0.250 e. The number of hydrogen-bond donors (Lipinski definition) is 1. The van der Waals surface area contributed by atoms with Crippen molar-refractivity contribution < 1.29 is 4.79 Å². The minimum Gasteiger partial charge on any atom is -0.272 e. The Morgan fingerprint density at radius 3 is 2.76 bits per heavy atom. The van der Waals surface area contributed by atoms with Crippen LogP contribution < -0.4 is 5.43 Å². The zero-order chi connectivity index (χ0) is 17.5. The first-order valence-electron chi connectivity index (χ1n) is 7.27. The fourth-order valence-electron chi connectivity index (χ4n) is 1.92. The van der Waals surface area contributed by atoms with Gasteiger partial charge in [-0.1, -0.05) is 59.8 Å². The van der Waals surface area contributed by atoms with Crippen LogP contribution in [0, 0.1) is 0 Å². The topological polar surface area (TPSA) is 85.1 Å². The van der Waals surface area contributed by atoms with Crippen molar-refractivity contribution in [2.45, 2.75) is 5.16 Å². The standard InChI is InChI=1S/C16H13ClN6OS/c17-14-9-5-4-6-12(14)10-18-19-15(24)11-25-16-20-21-22-23(16)13-7-2-1-3-8-13/h1-10H,11H2,(H,19,24)/b18-10-. The molecule has 0 aliphatic rings. The van der Waals surface area contributed by atoms with Gasteiger partial charge < -0.3 is 0 Å². The molecule has 0 fully saturated rings. The number of thioether (sulfide) groups is 1. The van der Waals surface area contributed by atoms with Crippen molar-refractivity contribution in [1.29, 1.82) is 0 Å². The Labute approximate surface area is 153 Å². The van der Waals surface area contributed by atoms with E-state index >= 15 is 0 Å². The minimum atomic E-state index is -0.268. The third-order valence-electron chi connectivity index (χ3n) is 3.07. The first-order valence-corrected chi connectivity index (χ1v) is 8.63. The maximum Gasteiger partial charge on any atom is 0.250 e. The van der Waals surface area contributed by atoms with E-state index < -0.39 is 0 Å². The van der Waals surface area contributed by atoms with Crippen molar-refractivity contribution in [2.24, 2.45) is 5.10 Å². The average Bonchev–Trinajstić information content (AvgIpc) is 3.11. The maximum atomic E-state index is 11.9. The van der Waals surface area contributed by atoms with Crippen molar-refractivity contribution in [3.8, 4) is 5.69 Å². The van der Waals surface area contributed by atoms with Crippen LogP contribution in [0.4, 0.5) is 0 Å². The largest absolute Gasteiger partial charge is 0.272 e. The van der Waals surface area contributed by atoms with E-state index in [1.165, 1.54) is 18.0 Å². The van der Waals surface area contributed by atoms with Crippen LogP contribution in [0.3, 0.4) is 0 Å². The molecule has 126 valence electrons. The Balaban J connectivity index is 1.55. The number of nitrogens with zero attached hydrogens (tertiary/aromatic N) is 5. The van der Waals surface area contributed by atoms with E-state index in [4.69, 9.17) is 11.6 Å². The zero-order valence-corrected chi connectivity index (χ0v) is 14.5. The number of rotatable bonds is 6. The van der Waals surface area contributed by atoms with Crippen LogP contribution in [0.5, 0.6) is 0 Å². The number of tetrazole rings is 1. The Morgan fingerprint density at radius 1 is 1.20 bits per heavy atom. The highest BCUT2D eigenvalue weighted by Gasteiger charge is 2.10. The molecule has 0 spiro atoms. The number of carbonyl (C=O) groups is 1. The highest BCUT2D eigenvalue weighted by atomic mass is 35.5. The number of amides is 1. The molecule has 9 heteroatoms. The first-order chi connectivity index (χ1) is 12.2. The van der Waals surface area contributed by atoms with Crippen molar-refractivity contribution in [3.63, 3.8) is 0 Å². The summed E-state index contributed by atoms with van der Waals surface area (Å²) in [5.74, 6) is -0.136. The molecule has 1 heterocycles. The SMILES string of the molecule is O=C(CSc1nnnn1-c1ccccc1)N/N=C\c1ccccc1Cl. The van der Waals surface area contributed by atoms with Gasteiger partial charge in [0.15, 0.2) is 0 Å². The predicted molar refractivity (Wildman–Crippen MR) is 97.1 cm³/mol. The molecule has 7 nitrogen and oxygen atoms in total. The lowest BCUT2D eigenvalue weighted by Gasteiger charge is -2.03. The fraction of sp³-hybridized carbons (Fsp3) is 0.0625. The fourth-order valence-corrected chi connectivity index (χ4v) is 2.78. The third kappa shape index (κ3) is 4.65. The van der Waals surface area contributed by atoms with Gasteiger partial charge in [0.05, 0.1) is 17.7 Å². The molecule has 0 aliphatic heterocycles. The van der Waals surface area contributed by atoms with Crippen LogP contribution in [0.25, 0.3) is 5.69 Å².